The van der Waals surface area contributed by atoms with Crippen LogP contribution in [0.4, 0.5) is 0 Å². The first-order valence-electron chi connectivity index (χ1n) is 11.8. The van der Waals surface area contributed by atoms with Gasteiger partial charge in [-0.25, -0.2) is 0 Å². The van der Waals surface area contributed by atoms with Crippen LogP contribution in [0.1, 0.15) is 80.6 Å². The van der Waals surface area contributed by atoms with Crippen molar-refractivity contribution in [2.45, 2.75) is 98.7 Å². The first-order chi connectivity index (χ1) is 13.3. The zero-order chi connectivity index (χ0) is 21.4. The molecule has 0 aromatic carbocycles. The van der Waals surface area contributed by atoms with E-state index in [0.29, 0.717) is 23.2 Å². The van der Waals surface area contributed by atoms with Crippen LogP contribution in [0.15, 0.2) is 35.0 Å². The molecule has 0 bridgehead atoms. The summed E-state index contributed by atoms with van der Waals surface area (Å²) in [5, 5.41) is 0.190. The fourth-order valence-electron chi connectivity index (χ4n) is 6.28. The van der Waals surface area contributed by atoms with Crippen molar-refractivity contribution in [3.8, 4) is 0 Å². The molecule has 1 saturated carbocycles. The standard InChI is InChI=1S/C26H42O2Si/c1-17(2)19-15-20(28-29(8,9)24(3,4)5)22-23-21-18(16-27-23)11-10-12-25(21,6)13-14-26(19,22)7/h15-17,19,21H,10-14H2,1-9H3/t19-,21+,25+,26-/m1/s1. The molecule has 3 heteroatoms. The quantitative estimate of drug-likeness (QED) is 0.436. The van der Waals surface area contributed by atoms with Gasteiger partial charge < -0.3 is 9.16 Å². The molecule has 1 aliphatic heterocycles. The smallest absolute Gasteiger partial charge is 0.250 e. The van der Waals surface area contributed by atoms with Gasteiger partial charge in [-0.3, -0.25) is 0 Å². The molecule has 4 aliphatic rings. The van der Waals surface area contributed by atoms with Crippen LogP contribution in [0.3, 0.4) is 0 Å². The molecule has 0 N–H and O–H groups in total. The van der Waals surface area contributed by atoms with Crippen LogP contribution in [0.25, 0.3) is 0 Å². The highest BCUT2D eigenvalue weighted by Gasteiger charge is 2.57. The maximum atomic E-state index is 7.04. The van der Waals surface area contributed by atoms with Crippen LogP contribution in [0, 0.1) is 28.6 Å². The Morgan fingerprint density at radius 2 is 1.83 bits per heavy atom. The van der Waals surface area contributed by atoms with Crippen LogP contribution < -0.4 is 0 Å². The van der Waals surface area contributed by atoms with Gasteiger partial charge in [-0.2, -0.15) is 0 Å². The lowest BCUT2D eigenvalue weighted by atomic mass is 9.63. The minimum atomic E-state index is -1.93. The third kappa shape index (κ3) is 3.09. The summed E-state index contributed by atoms with van der Waals surface area (Å²) in [7, 11) is -1.93. The van der Waals surface area contributed by atoms with Crippen LogP contribution in [-0.4, -0.2) is 8.32 Å². The van der Waals surface area contributed by atoms with Gasteiger partial charge in [0.1, 0.15) is 11.5 Å². The maximum Gasteiger partial charge on any atom is 0.250 e. The number of rotatable bonds is 3. The molecule has 29 heavy (non-hydrogen) atoms. The Labute approximate surface area is 180 Å². The molecular formula is C26H42O2Si. The molecular weight excluding hydrogens is 372 g/mol. The summed E-state index contributed by atoms with van der Waals surface area (Å²) in [6.07, 6.45) is 10.9. The SMILES string of the molecule is CC(C)[C@H]1C=C(O[Si](C)(C)C(C)(C)C)C2=C3OC=C4CCC[C@@](C)(CC[C@@]21C)[C@@H]43. The molecule has 162 valence electrons. The van der Waals surface area contributed by atoms with E-state index in [0.717, 1.165) is 5.76 Å². The van der Waals surface area contributed by atoms with E-state index < -0.39 is 8.32 Å². The average molecular weight is 415 g/mol. The molecule has 4 atom stereocenters. The van der Waals surface area contributed by atoms with Gasteiger partial charge in [0.25, 0.3) is 0 Å². The summed E-state index contributed by atoms with van der Waals surface area (Å²) in [5.41, 5.74) is 3.40. The Bertz CT molecular complexity index is 794. The van der Waals surface area contributed by atoms with Crippen molar-refractivity contribution in [3.63, 3.8) is 0 Å². The molecule has 0 amide bonds. The lowest BCUT2D eigenvalue weighted by Gasteiger charge is -2.40. The Morgan fingerprint density at radius 1 is 1.14 bits per heavy atom. The van der Waals surface area contributed by atoms with E-state index >= 15 is 0 Å². The highest BCUT2D eigenvalue weighted by Crippen LogP contribution is 2.64. The van der Waals surface area contributed by atoms with Gasteiger partial charge in [-0.1, -0.05) is 48.5 Å². The van der Waals surface area contributed by atoms with Crippen molar-refractivity contribution < 1.29 is 9.16 Å². The van der Waals surface area contributed by atoms with E-state index in [1.807, 2.05) is 0 Å². The van der Waals surface area contributed by atoms with Gasteiger partial charge in [-0.05, 0) is 79.1 Å². The van der Waals surface area contributed by atoms with Gasteiger partial charge in [0.2, 0.25) is 8.32 Å². The third-order valence-electron chi connectivity index (χ3n) is 9.12. The van der Waals surface area contributed by atoms with Gasteiger partial charge >= 0.3 is 0 Å². The molecule has 1 fully saturated rings. The van der Waals surface area contributed by atoms with Crippen molar-refractivity contribution in [1.29, 1.82) is 0 Å². The van der Waals surface area contributed by atoms with Gasteiger partial charge in [0.05, 0.1) is 6.26 Å². The molecule has 0 saturated heterocycles. The van der Waals surface area contributed by atoms with Crippen LogP contribution in [-0.2, 0) is 9.16 Å². The lowest BCUT2D eigenvalue weighted by Crippen LogP contribution is -2.41. The fraction of sp³-hybridized carbons (Fsp3) is 0.769. The molecule has 3 aliphatic carbocycles. The predicted molar refractivity (Wildman–Crippen MR) is 124 cm³/mol. The van der Waals surface area contributed by atoms with Crippen LogP contribution >= 0.6 is 0 Å². The molecule has 0 radical (unpaired) electrons. The molecule has 2 nitrogen and oxygen atoms in total. The monoisotopic (exact) mass is 414 g/mol. The maximum absolute atomic E-state index is 7.04. The molecule has 4 rings (SSSR count). The van der Waals surface area contributed by atoms with Crippen molar-refractivity contribution in [1.82, 2.24) is 0 Å². The Morgan fingerprint density at radius 3 is 2.45 bits per heavy atom. The summed E-state index contributed by atoms with van der Waals surface area (Å²) in [6.45, 7) is 21.5. The predicted octanol–water partition coefficient (Wildman–Crippen LogP) is 7.95. The third-order valence-corrected chi connectivity index (χ3v) is 13.5. The summed E-state index contributed by atoms with van der Waals surface area (Å²) in [4.78, 5) is 0. The van der Waals surface area contributed by atoms with Crippen LogP contribution in [0.2, 0.25) is 18.1 Å². The second-order valence-corrected chi connectivity index (χ2v) is 17.3. The van der Waals surface area contributed by atoms with Crippen molar-refractivity contribution >= 4 is 8.32 Å². The topological polar surface area (TPSA) is 18.5 Å². The highest BCUT2D eigenvalue weighted by molar-refractivity contribution is 6.74. The molecule has 0 aromatic heterocycles. The molecule has 1 heterocycles. The average Bonchev–Trinajstić information content (AvgIpc) is 3.09. The summed E-state index contributed by atoms with van der Waals surface area (Å²) in [6, 6.07) is 0. The van der Waals surface area contributed by atoms with E-state index in [9.17, 15) is 0 Å². The number of ether oxygens (including phenoxy) is 1. The fourth-order valence-corrected chi connectivity index (χ4v) is 7.31. The molecule has 0 spiro atoms. The van der Waals surface area contributed by atoms with E-state index in [4.69, 9.17) is 9.16 Å². The van der Waals surface area contributed by atoms with E-state index in [-0.39, 0.29) is 10.5 Å². The first kappa shape index (κ1) is 21.3. The zero-order valence-corrected chi connectivity index (χ0v) is 21.2. The molecule has 0 aromatic rings. The first-order valence-corrected chi connectivity index (χ1v) is 14.7. The largest absolute Gasteiger partial charge is 0.543 e. The van der Waals surface area contributed by atoms with Crippen molar-refractivity contribution in [2.75, 3.05) is 0 Å². The second-order valence-electron chi connectivity index (χ2n) is 12.6. The number of allylic oxidation sites excluding steroid dienone is 3. The summed E-state index contributed by atoms with van der Waals surface area (Å²) < 4.78 is 13.5. The van der Waals surface area contributed by atoms with Crippen molar-refractivity contribution in [3.05, 3.63) is 35.0 Å². The lowest BCUT2D eigenvalue weighted by molar-refractivity contribution is 0.138. The number of hydrogen-bond donors (Lipinski definition) is 0. The Hall–Kier alpha value is -0.963. The summed E-state index contributed by atoms with van der Waals surface area (Å²) in [5.74, 6) is 3.98. The Kier molecular flexibility index (Phi) is 4.78. The van der Waals surface area contributed by atoms with Gasteiger partial charge in [0.15, 0.2) is 0 Å². The highest BCUT2D eigenvalue weighted by atomic mass is 28.4. The van der Waals surface area contributed by atoms with Crippen LogP contribution in [0.5, 0.6) is 0 Å². The second kappa shape index (κ2) is 6.52. The minimum Gasteiger partial charge on any atom is -0.543 e. The molecule has 0 unspecified atom stereocenters. The van der Waals surface area contributed by atoms with Crippen molar-refractivity contribution in [2.24, 2.45) is 28.6 Å². The number of fused-ring (bicyclic) bond motifs is 1. The summed E-state index contributed by atoms with van der Waals surface area (Å²) >= 11 is 0. The zero-order valence-electron chi connectivity index (χ0n) is 20.2. The van der Waals surface area contributed by atoms with Gasteiger partial charge in [-0.15, -0.1) is 0 Å². The normalized spacial score (nSPS) is 36.9. The van der Waals surface area contributed by atoms with Gasteiger partial charge in [0, 0.05) is 16.9 Å². The minimum absolute atomic E-state index is 0.116. The number of hydrogen-bond acceptors (Lipinski definition) is 2. The van der Waals surface area contributed by atoms with E-state index in [1.165, 1.54) is 49.0 Å². The van der Waals surface area contributed by atoms with E-state index in [1.54, 1.807) is 0 Å². The Balaban J connectivity index is 1.86. The van der Waals surface area contributed by atoms with E-state index in [2.05, 4.69) is 73.9 Å².